The van der Waals surface area contributed by atoms with Crippen molar-refractivity contribution in [3.63, 3.8) is 0 Å². The first-order valence-corrected chi connectivity index (χ1v) is 10.4. The van der Waals surface area contributed by atoms with E-state index >= 15 is 0 Å². The van der Waals surface area contributed by atoms with Crippen molar-refractivity contribution < 1.29 is 9.59 Å². The van der Waals surface area contributed by atoms with Crippen LogP contribution in [0.1, 0.15) is 50.0 Å². The average molecular weight is 389 g/mol. The fourth-order valence-corrected chi connectivity index (χ4v) is 3.14. The number of amides is 2. The van der Waals surface area contributed by atoms with E-state index < -0.39 is 0 Å². The van der Waals surface area contributed by atoms with Crippen molar-refractivity contribution in [1.82, 2.24) is 20.4 Å². The maximum atomic E-state index is 12.7. The zero-order chi connectivity index (χ0) is 20.6. The molecule has 28 heavy (non-hydrogen) atoms. The molecule has 2 amide bonds. The van der Waals surface area contributed by atoms with Crippen molar-refractivity contribution in [2.75, 3.05) is 45.8 Å². The van der Waals surface area contributed by atoms with Crippen molar-refractivity contribution in [3.05, 3.63) is 35.4 Å². The van der Waals surface area contributed by atoms with Gasteiger partial charge in [-0.05, 0) is 29.5 Å². The van der Waals surface area contributed by atoms with E-state index in [-0.39, 0.29) is 11.8 Å². The molecule has 0 bridgehead atoms. The Labute approximate surface area is 169 Å². The molecule has 1 aromatic rings. The second kappa shape index (κ2) is 10.6. The SMILES string of the molecule is CCC(C)(C)CNCCN1CCN(C(=O)c2ccc(CNC(C)=O)cc2)CC1. The molecule has 1 aliphatic rings. The smallest absolute Gasteiger partial charge is 0.253 e. The van der Waals surface area contributed by atoms with Gasteiger partial charge in [-0.25, -0.2) is 0 Å². The van der Waals surface area contributed by atoms with Gasteiger partial charge in [0.1, 0.15) is 0 Å². The van der Waals surface area contributed by atoms with Crippen molar-refractivity contribution in [1.29, 1.82) is 0 Å². The number of nitrogens with one attached hydrogen (secondary N) is 2. The molecule has 1 aromatic carbocycles. The van der Waals surface area contributed by atoms with Crippen LogP contribution in [0, 0.1) is 5.41 Å². The van der Waals surface area contributed by atoms with Gasteiger partial charge in [0.15, 0.2) is 0 Å². The minimum absolute atomic E-state index is 0.0534. The number of nitrogens with zero attached hydrogens (tertiary/aromatic N) is 2. The highest BCUT2D eigenvalue weighted by Crippen LogP contribution is 2.17. The van der Waals surface area contributed by atoms with E-state index in [0.717, 1.165) is 51.4 Å². The first kappa shape index (κ1) is 22.4. The number of carbonyl (C=O) groups excluding carboxylic acids is 2. The molecule has 156 valence electrons. The van der Waals surface area contributed by atoms with Crippen LogP contribution in [-0.2, 0) is 11.3 Å². The second-order valence-electron chi connectivity index (χ2n) is 8.44. The Bertz CT molecular complexity index is 634. The summed E-state index contributed by atoms with van der Waals surface area (Å²) < 4.78 is 0. The largest absolute Gasteiger partial charge is 0.352 e. The van der Waals surface area contributed by atoms with Crippen LogP contribution in [0.5, 0.6) is 0 Å². The summed E-state index contributed by atoms with van der Waals surface area (Å²) >= 11 is 0. The van der Waals surface area contributed by atoms with Gasteiger partial charge in [-0.3, -0.25) is 14.5 Å². The number of rotatable bonds is 9. The van der Waals surface area contributed by atoms with E-state index in [1.807, 2.05) is 29.2 Å². The van der Waals surface area contributed by atoms with Gasteiger partial charge in [0.25, 0.3) is 5.91 Å². The molecule has 1 heterocycles. The van der Waals surface area contributed by atoms with Crippen molar-refractivity contribution in [2.45, 2.75) is 40.7 Å². The van der Waals surface area contributed by atoms with Gasteiger partial charge in [0, 0.05) is 64.8 Å². The fraction of sp³-hybridized carbons (Fsp3) is 0.636. The van der Waals surface area contributed by atoms with Gasteiger partial charge in [0.05, 0.1) is 0 Å². The van der Waals surface area contributed by atoms with Gasteiger partial charge in [-0.2, -0.15) is 0 Å². The molecule has 6 nitrogen and oxygen atoms in total. The van der Waals surface area contributed by atoms with Crippen LogP contribution < -0.4 is 10.6 Å². The molecule has 0 aromatic heterocycles. The highest BCUT2D eigenvalue weighted by atomic mass is 16.2. The first-order chi connectivity index (χ1) is 13.3. The lowest BCUT2D eigenvalue weighted by Gasteiger charge is -2.35. The summed E-state index contributed by atoms with van der Waals surface area (Å²) in [6, 6.07) is 7.52. The molecule has 1 aliphatic heterocycles. The van der Waals surface area contributed by atoms with Gasteiger partial charge in [-0.15, -0.1) is 0 Å². The predicted octanol–water partition coefficient (Wildman–Crippen LogP) is 2.11. The second-order valence-corrected chi connectivity index (χ2v) is 8.44. The highest BCUT2D eigenvalue weighted by molar-refractivity contribution is 5.94. The topological polar surface area (TPSA) is 64.7 Å². The van der Waals surface area contributed by atoms with Crippen LogP contribution in [-0.4, -0.2) is 67.4 Å². The molecule has 0 spiro atoms. The zero-order valence-corrected chi connectivity index (χ0v) is 17.9. The maximum absolute atomic E-state index is 12.7. The van der Waals surface area contributed by atoms with E-state index in [2.05, 4.69) is 36.3 Å². The number of hydrogen-bond acceptors (Lipinski definition) is 4. The molecule has 0 radical (unpaired) electrons. The summed E-state index contributed by atoms with van der Waals surface area (Å²) in [7, 11) is 0. The maximum Gasteiger partial charge on any atom is 0.253 e. The van der Waals surface area contributed by atoms with Crippen LogP contribution in [0.3, 0.4) is 0 Å². The monoisotopic (exact) mass is 388 g/mol. The predicted molar refractivity (Wildman–Crippen MR) is 113 cm³/mol. The van der Waals surface area contributed by atoms with Gasteiger partial charge in [0.2, 0.25) is 5.91 Å². The molecule has 1 saturated heterocycles. The van der Waals surface area contributed by atoms with E-state index in [0.29, 0.717) is 17.5 Å². The van der Waals surface area contributed by atoms with E-state index in [9.17, 15) is 9.59 Å². The standard InChI is InChI=1S/C22H36N4O2/c1-5-22(3,4)17-23-10-11-25-12-14-26(15-13-25)21(28)20-8-6-19(7-9-20)16-24-18(2)27/h6-9,23H,5,10-17H2,1-4H3,(H,24,27). The lowest BCUT2D eigenvalue weighted by atomic mass is 9.90. The van der Waals surface area contributed by atoms with Crippen LogP contribution >= 0.6 is 0 Å². The van der Waals surface area contributed by atoms with E-state index in [1.54, 1.807) is 0 Å². The molecule has 0 unspecified atom stereocenters. The average Bonchev–Trinajstić information content (AvgIpc) is 2.70. The van der Waals surface area contributed by atoms with E-state index in [1.165, 1.54) is 13.3 Å². The molecule has 0 saturated carbocycles. The number of benzene rings is 1. The fourth-order valence-electron chi connectivity index (χ4n) is 3.14. The number of carbonyl (C=O) groups is 2. The molecular formula is C22H36N4O2. The molecule has 2 rings (SSSR count). The Balaban J connectivity index is 1.72. The van der Waals surface area contributed by atoms with Gasteiger partial charge < -0.3 is 15.5 Å². The normalized spacial score (nSPS) is 15.5. The lowest BCUT2D eigenvalue weighted by molar-refractivity contribution is -0.119. The van der Waals surface area contributed by atoms with Crippen LogP contribution in [0.25, 0.3) is 0 Å². The summed E-state index contributed by atoms with van der Waals surface area (Å²) in [5, 5.41) is 6.32. The molecule has 2 N–H and O–H groups in total. The Morgan fingerprint density at radius 2 is 1.71 bits per heavy atom. The number of hydrogen-bond donors (Lipinski definition) is 2. The van der Waals surface area contributed by atoms with E-state index in [4.69, 9.17) is 0 Å². The minimum atomic E-state index is -0.0534. The zero-order valence-electron chi connectivity index (χ0n) is 17.9. The summed E-state index contributed by atoms with van der Waals surface area (Å²) in [5.41, 5.74) is 2.06. The summed E-state index contributed by atoms with van der Waals surface area (Å²) in [5.74, 6) is 0.0378. The Morgan fingerprint density at radius 3 is 2.29 bits per heavy atom. The quantitative estimate of drug-likeness (QED) is 0.636. The molecule has 6 heteroatoms. The third kappa shape index (κ3) is 7.24. The van der Waals surface area contributed by atoms with Crippen LogP contribution in [0.4, 0.5) is 0 Å². The minimum Gasteiger partial charge on any atom is -0.352 e. The summed E-state index contributed by atoms with van der Waals surface area (Å²) in [6.07, 6.45) is 1.18. The lowest BCUT2D eigenvalue weighted by Crippen LogP contribution is -2.50. The van der Waals surface area contributed by atoms with Crippen LogP contribution in [0.15, 0.2) is 24.3 Å². The summed E-state index contributed by atoms with van der Waals surface area (Å²) in [4.78, 5) is 28.1. The van der Waals surface area contributed by atoms with Crippen molar-refractivity contribution in [2.24, 2.45) is 5.41 Å². The van der Waals surface area contributed by atoms with Gasteiger partial charge >= 0.3 is 0 Å². The van der Waals surface area contributed by atoms with Crippen molar-refractivity contribution in [3.8, 4) is 0 Å². The van der Waals surface area contributed by atoms with Crippen molar-refractivity contribution >= 4 is 11.8 Å². The Kier molecular flexibility index (Phi) is 8.45. The molecular weight excluding hydrogens is 352 g/mol. The molecule has 0 aliphatic carbocycles. The van der Waals surface area contributed by atoms with Crippen LogP contribution in [0.2, 0.25) is 0 Å². The molecule has 1 fully saturated rings. The highest BCUT2D eigenvalue weighted by Gasteiger charge is 2.22. The molecule has 0 atom stereocenters. The third-order valence-electron chi connectivity index (χ3n) is 5.57. The first-order valence-electron chi connectivity index (χ1n) is 10.4. The Hall–Kier alpha value is -1.92. The summed E-state index contributed by atoms with van der Waals surface area (Å²) in [6.45, 7) is 15.2. The van der Waals surface area contributed by atoms with Gasteiger partial charge in [-0.1, -0.05) is 32.9 Å². The number of piperazine rings is 1. The third-order valence-corrected chi connectivity index (χ3v) is 5.57. The Morgan fingerprint density at radius 1 is 1.07 bits per heavy atom.